The van der Waals surface area contributed by atoms with Gasteiger partial charge in [0.05, 0.1) is 0 Å². The average molecular weight is 311 g/mol. The molecule has 3 rings (SSSR count). The van der Waals surface area contributed by atoms with Crippen molar-refractivity contribution in [3.05, 3.63) is 60.4 Å². The van der Waals surface area contributed by atoms with E-state index in [2.05, 4.69) is 9.88 Å². The normalized spacial score (nSPS) is 15.4. The van der Waals surface area contributed by atoms with Gasteiger partial charge in [0, 0.05) is 50.7 Å². The molecule has 0 bridgehead atoms. The minimum atomic E-state index is 0.0904. The molecule has 120 valence electrons. The highest BCUT2D eigenvalue weighted by Crippen LogP contribution is 2.10. The molecule has 5 heteroatoms. The molecular formula is C18H21N3O2. The summed E-state index contributed by atoms with van der Waals surface area (Å²) in [7, 11) is 0. The van der Waals surface area contributed by atoms with Crippen LogP contribution in [0, 0.1) is 0 Å². The quantitative estimate of drug-likeness (QED) is 0.846. The number of benzene rings is 1. The summed E-state index contributed by atoms with van der Waals surface area (Å²) < 4.78 is 5.72. The van der Waals surface area contributed by atoms with Crippen LogP contribution in [0.15, 0.2) is 54.9 Å². The van der Waals surface area contributed by atoms with E-state index in [0.717, 1.165) is 38.5 Å². The van der Waals surface area contributed by atoms with E-state index in [1.54, 1.807) is 24.5 Å². The molecule has 0 N–H and O–H groups in total. The van der Waals surface area contributed by atoms with E-state index < -0.39 is 0 Å². The van der Waals surface area contributed by atoms with Crippen LogP contribution in [0.2, 0.25) is 0 Å². The lowest BCUT2D eigenvalue weighted by Gasteiger charge is -2.34. The van der Waals surface area contributed by atoms with Crippen molar-refractivity contribution in [2.45, 2.75) is 0 Å². The Balaban J connectivity index is 1.41. The summed E-state index contributed by atoms with van der Waals surface area (Å²) >= 11 is 0. The second kappa shape index (κ2) is 7.74. The maximum absolute atomic E-state index is 12.4. The first-order chi connectivity index (χ1) is 11.3. The standard InChI is InChI=1S/C18H21N3O2/c22-18(16-6-8-19-9-7-16)21-12-10-20(11-13-21)14-15-23-17-4-2-1-3-5-17/h1-9H,10-15H2. The van der Waals surface area contributed by atoms with Crippen LogP contribution in [0.5, 0.6) is 5.75 Å². The van der Waals surface area contributed by atoms with Gasteiger partial charge < -0.3 is 9.64 Å². The number of aromatic nitrogens is 1. The van der Waals surface area contributed by atoms with Crippen LogP contribution in [0.4, 0.5) is 0 Å². The minimum Gasteiger partial charge on any atom is -0.492 e. The van der Waals surface area contributed by atoms with Gasteiger partial charge >= 0.3 is 0 Å². The van der Waals surface area contributed by atoms with Crippen LogP contribution in [-0.4, -0.2) is 60.0 Å². The fourth-order valence-corrected chi connectivity index (χ4v) is 2.66. The lowest BCUT2D eigenvalue weighted by Crippen LogP contribution is -2.49. The Hall–Kier alpha value is -2.40. The van der Waals surface area contributed by atoms with Crippen LogP contribution in [-0.2, 0) is 0 Å². The predicted octanol–water partition coefficient (Wildman–Crippen LogP) is 1.92. The molecule has 1 aliphatic rings. The monoisotopic (exact) mass is 311 g/mol. The number of piperazine rings is 1. The summed E-state index contributed by atoms with van der Waals surface area (Å²) in [4.78, 5) is 20.6. The van der Waals surface area contributed by atoms with Crippen molar-refractivity contribution in [1.82, 2.24) is 14.8 Å². The number of hydrogen-bond donors (Lipinski definition) is 0. The molecule has 1 fully saturated rings. The van der Waals surface area contributed by atoms with E-state index in [-0.39, 0.29) is 5.91 Å². The smallest absolute Gasteiger partial charge is 0.254 e. The molecule has 5 nitrogen and oxygen atoms in total. The van der Waals surface area contributed by atoms with E-state index >= 15 is 0 Å². The van der Waals surface area contributed by atoms with Gasteiger partial charge in [-0.2, -0.15) is 0 Å². The van der Waals surface area contributed by atoms with Crippen LogP contribution in [0.1, 0.15) is 10.4 Å². The zero-order chi connectivity index (χ0) is 15.9. The number of para-hydroxylation sites is 1. The van der Waals surface area contributed by atoms with Crippen molar-refractivity contribution in [3.8, 4) is 5.75 Å². The van der Waals surface area contributed by atoms with E-state index in [0.29, 0.717) is 12.2 Å². The SMILES string of the molecule is O=C(c1ccncc1)N1CCN(CCOc2ccccc2)CC1. The summed E-state index contributed by atoms with van der Waals surface area (Å²) in [6, 6.07) is 13.4. The third-order valence-corrected chi connectivity index (χ3v) is 4.01. The minimum absolute atomic E-state index is 0.0904. The molecule has 0 radical (unpaired) electrons. The van der Waals surface area contributed by atoms with Crippen molar-refractivity contribution in [3.63, 3.8) is 0 Å². The zero-order valence-corrected chi connectivity index (χ0v) is 13.1. The maximum atomic E-state index is 12.4. The van der Waals surface area contributed by atoms with Crippen molar-refractivity contribution < 1.29 is 9.53 Å². The Morgan fingerprint density at radius 3 is 2.39 bits per heavy atom. The summed E-state index contributed by atoms with van der Waals surface area (Å²) in [6.07, 6.45) is 3.31. The molecule has 23 heavy (non-hydrogen) atoms. The molecule has 1 aromatic heterocycles. The highest BCUT2D eigenvalue weighted by Gasteiger charge is 2.21. The number of amides is 1. The lowest BCUT2D eigenvalue weighted by atomic mass is 10.2. The van der Waals surface area contributed by atoms with Gasteiger partial charge in [-0.15, -0.1) is 0 Å². The number of rotatable bonds is 5. The third kappa shape index (κ3) is 4.29. The molecule has 2 heterocycles. The predicted molar refractivity (Wildman–Crippen MR) is 88.5 cm³/mol. The molecule has 2 aromatic rings. The molecule has 0 unspecified atom stereocenters. The number of carbonyl (C=O) groups is 1. The van der Waals surface area contributed by atoms with Crippen molar-refractivity contribution in [2.75, 3.05) is 39.3 Å². The molecular weight excluding hydrogens is 290 g/mol. The van der Waals surface area contributed by atoms with Gasteiger partial charge in [0.2, 0.25) is 0 Å². The number of carbonyl (C=O) groups excluding carboxylic acids is 1. The molecule has 1 amide bonds. The Bertz CT molecular complexity index is 611. The van der Waals surface area contributed by atoms with Crippen LogP contribution in [0.25, 0.3) is 0 Å². The van der Waals surface area contributed by atoms with Gasteiger partial charge in [0.25, 0.3) is 5.91 Å². The Morgan fingerprint density at radius 1 is 1.00 bits per heavy atom. The van der Waals surface area contributed by atoms with Gasteiger partial charge in [-0.3, -0.25) is 14.7 Å². The van der Waals surface area contributed by atoms with E-state index in [1.807, 2.05) is 35.2 Å². The second-order valence-corrected chi connectivity index (χ2v) is 5.53. The first kappa shape index (κ1) is 15.5. The fraction of sp³-hybridized carbons (Fsp3) is 0.333. The summed E-state index contributed by atoms with van der Waals surface area (Å²) in [5.74, 6) is 0.992. The molecule has 0 atom stereocenters. The van der Waals surface area contributed by atoms with Gasteiger partial charge in [-0.25, -0.2) is 0 Å². The van der Waals surface area contributed by atoms with Crippen LogP contribution >= 0.6 is 0 Å². The van der Waals surface area contributed by atoms with Crippen LogP contribution < -0.4 is 4.74 Å². The number of ether oxygens (including phenoxy) is 1. The van der Waals surface area contributed by atoms with Crippen molar-refractivity contribution in [1.29, 1.82) is 0 Å². The molecule has 0 saturated carbocycles. The second-order valence-electron chi connectivity index (χ2n) is 5.53. The Morgan fingerprint density at radius 2 is 1.70 bits per heavy atom. The lowest BCUT2D eigenvalue weighted by molar-refractivity contribution is 0.0620. The highest BCUT2D eigenvalue weighted by atomic mass is 16.5. The Labute approximate surface area is 136 Å². The molecule has 1 aliphatic heterocycles. The van der Waals surface area contributed by atoms with Gasteiger partial charge in [-0.1, -0.05) is 18.2 Å². The number of pyridine rings is 1. The summed E-state index contributed by atoms with van der Waals surface area (Å²) in [6.45, 7) is 4.83. The molecule has 1 saturated heterocycles. The number of hydrogen-bond acceptors (Lipinski definition) is 4. The van der Waals surface area contributed by atoms with Crippen molar-refractivity contribution >= 4 is 5.91 Å². The topological polar surface area (TPSA) is 45.7 Å². The Kier molecular flexibility index (Phi) is 5.21. The van der Waals surface area contributed by atoms with Gasteiger partial charge in [-0.05, 0) is 24.3 Å². The summed E-state index contributed by atoms with van der Waals surface area (Å²) in [5.41, 5.74) is 0.709. The molecule has 1 aromatic carbocycles. The maximum Gasteiger partial charge on any atom is 0.254 e. The first-order valence-corrected chi connectivity index (χ1v) is 7.92. The fourth-order valence-electron chi connectivity index (χ4n) is 2.66. The zero-order valence-electron chi connectivity index (χ0n) is 13.1. The molecule has 0 spiro atoms. The van der Waals surface area contributed by atoms with Gasteiger partial charge in [0.15, 0.2) is 0 Å². The largest absolute Gasteiger partial charge is 0.492 e. The van der Waals surface area contributed by atoms with Crippen molar-refractivity contribution in [2.24, 2.45) is 0 Å². The highest BCUT2D eigenvalue weighted by molar-refractivity contribution is 5.94. The first-order valence-electron chi connectivity index (χ1n) is 7.92. The summed E-state index contributed by atoms with van der Waals surface area (Å²) in [5, 5.41) is 0. The van der Waals surface area contributed by atoms with E-state index in [9.17, 15) is 4.79 Å². The average Bonchev–Trinajstić information content (AvgIpc) is 2.63. The van der Waals surface area contributed by atoms with Gasteiger partial charge in [0.1, 0.15) is 12.4 Å². The number of nitrogens with zero attached hydrogens (tertiary/aromatic N) is 3. The van der Waals surface area contributed by atoms with E-state index in [1.165, 1.54) is 0 Å². The third-order valence-electron chi connectivity index (χ3n) is 4.01. The molecule has 0 aliphatic carbocycles. The van der Waals surface area contributed by atoms with E-state index in [4.69, 9.17) is 4.74 Å². The van der Waals surface area contributed by atoms with Crippen LogP contribution in [0.3, 0.4) is 0 Å².